The van der Waals surface area contributed by atoms with Crippen molar-refractivity contribution < 1.29 is 71.2 Å². The zero-order valence-corrected chi connectivity index (χ0v) is 20.5. The molecular weight excluding hydrogens is 559 g/mol. The number of hydrogen-bond acceptors (Lipinski definition) is 15. The van der Waals surface area contributed by atoms with E-state index in [-0.39, 0.29) is 17.0 Å². The summed E-state index contributed by atoms with van der Waals surface area (Å²) < 4.78 is 59.4. The Morgan fingerprint density at radius 3 is 2.42 bits per heavy atom. The number of phosphoric ester groups is 3. The van der Waals surface area contributed by atoms with Crippen LogP contribution in [-0.2, 0) is 36.3 Å². The van der Waals surface area contributed by atoms with Gasteiger partial charge in [-0.1, -0.05) is 0 Å². The molecule has 2 unspecified atom stereocenters. The second kappa shape index (κ2) is 11.1. The van der Waals surface area contributed by atoms with Crippen LogP contribution in [0.1, 0.15) is 6.23 Å². The van der Waals surface area contributed by atoms with Gasteiger partial charge in [-0.3, -0.25) is 18.1 Å². The number of fused-ring (bicyclic) bond motifs is 1. The van der Waals surface area contributed by atoms with Gasteiger partial charge in [0.1, 0.15) is 36.3 Å². The maximum absolute atomic E-state index is 12.1. The van der Waals surface area contributed by atoms with Gasteiger partial charge in [-0.25, -0.2) is 28.6 Å². The van der Waals surface area contributed by atoms with Gasteiger partial charge in [-0.05, 0) is 0 Å². The number of hydrogen-bond donors (Lipinski definition) is 8. The number of aromatic nitrogens is 4. The highest BCUT2D eigenvalue weighted by Gasteiger charge is 2.50. The van der Waals surface area contributed by atoms with Crippen molar-refractivity contribution in [2.45, 2.75) is 30.6 Å². The lowest BCUT2D eigenvalue weighted by molar-refractivity contribution is -0.0499. The van der Waals surface area contributed by atoms with Crippen molar-refractivity contribution in [2.24, 2.45) is 0 Å². The van der Waals surface area contributed by atoms with Crippen molar-refractivity contribution in [1.82, 2.24) is 19.5 Å². The summed E-state index contributed by atoms with van der Waals surface area (Å²) in [6.45, 7) is -2.78. The fourth-order valence-electron chi connectivity index (χ4n) is 2.99. The molecule has 1 aliphatic heterocycles. The first-order chi connectivity index (χ1) is 16.6. The van der Waals surface area contributed by atoms with E-state index in [1.165, 1.54) is 0 Å². The van der Waals surface area contributed by atoms with E-state index in [9.17, 15) is 38.4 Å². The Kier molecular flexibility index (Phi) is 9.00. The number of aliphatic hydroxyl groups excluding tert-OH is 3. The molecule has 2 aromatic heterocycles. The Hall–Kier alpha value is -1.44. The van der Waals surface area contributed by atoms with Gasteiger partial charge >= 0.3 is 23.5 Å². The van der Waals surface area contributed by atoms with E-state index in [2.05, 4.69) is 32.8 Å². The number of ether oxygens (including phenoxy) is 1. The van der Waals surface area contributed by atoms with E-state index in [0.717, 1.165) is 17.2 Å². The first-order valence-corrected chi connectivity index (χ1v) is 14.1. The molecule has 0 aliphatic carbocycles. The predicted octanol–water partition coefficient (Wildman–Crippen LogP) is -2.25. The van der Waals surface area contributed by atoms with Crippen LogP contribution in [0.25, 0.3) is 11.2 Å². The van der Waals surface area contributed by atoms with E-state index in [1.54, 1.807) is 0 Å². The molecule has 1 aliphatic rings. The normalized spacial score (nSPS) is 27.1. The molecule has 204 valence electrons. The molecule has 0 amide bonds. The largest absolute Gasteiger partial charge is 0.481 e. The lowest BCUT2D eigenvalue weighted by atomic mass is 10.1. The minimum Gasteiger partial charge on any atom is -0.394 e. The van der Waals surface area contributed by atoms with Crippen LogP contribution in [0.15, 0.2) is 12.7 Å². The number of phosphoric acid groups is 3. The summed E-state index contributed by atoms with van der Waals surface area (Å²) in [7, 11) is -15.8. The minimum atomic E-state index is -5.37. The van der Waals surface area contributed by atoms with Crippen LogP contribution >= 0.6 is 23.5 Å². The van der Waals surface area contributed by atoms with E-state index in [4.69, 9.17) is 20.7 Å². The zero-order valence-electron chi connectivity index (χ0n) is 17.8. The Morgan fingerprint density at radius 1 is 1.11 bits per heavy atom. The molecule has 36 heavy (non-hydrogen) atoms. The van der Waals surface area contributed by atoms with Crippen molar-refractivity contribution in [3.8, 4) is 0 Å². The number of nitrogen functional groups attached to an aromatic ring is 1. The van der Waals surface area contributed by atoms with Crippen LogP contribution in [0, 0.1) is 0 Å². The van der Waals surface area contributed by atoms with Crippen LogP contribution in [0.2, 0.25) is 0 Å². The van der Waals surface area contributed by atoms with Crippen molar-refractivity contribution in [3.05, 3.63) is 12.7 Å². The monoisotopic (exact) mass is 581 g/mol. The smallest absolute Gasteiger partial charge is 0.394 e. The van der Waals surface area contributed by atoms with Gasteiger partial charge in [-0.15, -0.1) is 0 Å². The summed E-state index contributed by atoms with van der Waals surface area (Å²) in [5, 5.41) is 28.3. The maximum atomic E-state index is 12.1. The van der Waals surface area contributed by atoms with E-state index in [1.807, 2.05) is 0 Å². The van der Waals surface area contributed by atoms with Gasteiger partial charge in [0.15, 0.2) is 17.7 Å². The summed E-state index contributed by atoms with van der Waals surface area (Å²) in [5.41, 5.74) is 5.82. The van der Waals surface area contributed by atoms with E-state index < -0.39 is 73.9 Å². The molecule has 3 rings (SSSR count). The summed E-state index contributed by atoms with van der Waals surface area (Å²) in [6, 6.07) is 0. The minimum absolute atomic E-state index is 0.0279. The Labute approximate surface area is 200 Å². The summed E-state index contributed by atoms with van der Waals surface area (Å²) >= 11 is 0. The third-order valence-electron chi connectivity index (χ3n) is 4.48. The third-order valence-corrected chi connectivity index (χ3v) is 7.60. The van der Waals surface area contributed by atoms with Crippen molar-refractivity contribution in [3.63, 3.8) is 0 Å². The number of nitrogens with zero attached hydrogens (tertiary/aromatic N) is 4. The quantitative estimate of drug-likeness (QED) is 0.123. The first kappa shape index (κ1) is 29.1. The van der Waals surface area contributed by atoms with Crippen molar-refractivity contribution in [2.75, 3.05) is 25.6 Å². The molecule has 9 N–H and O–H groups in total. The van der Waals surface area contributed by atoms with E-state index in [0.29, 0.717) is 0 Å². The summed E-state index contributed by atoms with van der Waals surface area (Å²) in [6.07, 6.45) is -6.23. The fraction of sp³-hybridized carbons (Fsp3) is 0.615. The van der Waals surface area contributed by atoms with Crippen LogP contribution in [0.5, 0.6) is 0 Å². The number of nitrogens with two attached hydrogens (primary N) is 1. The number of imidazole rings is 1. The van der Waals surface area contributed by atoms with Crippen LogP contribution in [0.3, 0.4) is 0 Å². The molecule has 0 radical (unpaired) electrons. The molecule has 1 saturated heterocycles. The number of rotatable bonds is 12. The summed E-state index contributed by atoms with van der Waals surface area (Å²) in [5.74, 6) is -0.0369. The van der Waals surface area contributed by atoms with Gasteiger partial charge in [0, 0.05) is 0 Å². The van der Waals surface area contributed by atoms with Crippen molar-refractivity contribution in [1.29, 1.82) is 0 Å². The highest BCUT2D eigenvalue weighted by Crippen LogP contribution is 2.60. The molecule has 0 aromatic carbocycles. The lowest BCUT2D eigenvalue weighted by Gasteiger charge is -2.22. The number of anilines is 1. The lowest BCUT2D eigenvalue weighted by Crippen LogP contribution is -2.35. The van der Waals surface area contributed by atoms with Gasteiger partial charge in [0.2, 0.25) is 0 Å². The zero-order chi connectivity index (χ0) is 26.9. The molecule has 0 spiro atoms. The first-order valence-electron chi connectivity index (χ1n) is 9.58. The maximum Gasteiger partial charge on any atom is 0.481 e. The van der Waals surface area contributed by atoms with Crippen LogP contribution in [-0.4, -0.2) is 98.6 Å². The molecule has 20 nitrogen and oxygen atoms in total. The highest BCUT2D eigenvalue weighted by atomic mass is 31.3. The average Bonchev–Trinajstić information content (AvgIpc) is 3.31. The van der Waals surface area contributed by atoms with Gasteiger partial charge in [-0.2, -0.15) is 4.31 Å². The van der Waals surface area contributed by atoms with E-state index >= 15 is 0 Å². The second-order valence-electron chi connectivity index (χ2n) is 7.15. The highest BCUT2D eigenvalue weighted by molar-refractivity contribution is 7.61. The van der Waals surface area contributed by atoms with Gasteiger partial charge in [0.25, 0.3) is 0 Å². The Morgan fingerprint density at radius 2 is 1.78 bits per heavy atom. The van der Waals surface area contributed by atoms with Gasteiger partial charge in [0.05, 0.1) is 26.1 Å². The van der Waals surface area contributed by atoms with Crippen molar-refractivity contribution >= 4 is 40.4 Å². The Bertz CT molecular complexity index is 1210. The molecule has 7 atom stereocenters. The molecule has 1 fully saturated rings. The molecule has 0 bridgehead atoms. The Balaban J connectivity index is 1.76. The summed E-state index contributed by atoms with van der Waals surface area (Å²) in [4.78, 5) is 49.4. The van der Waals surface area contributed by atoms with Crippen LogP contribution in [0.4, 0.5) is 5.82 Å². The SMILES string of the molecule is Nc1ncnc2c1ncn2[C@@H]1O[C@H](COP(=O)(O)OP(=O)(O)OC[C@@H](O)CO)[C@@H](O)[C@H]1OP(=O)(O)O. The van der Waals surface area contributed by atoms with Crippen LogP contribution < -0.4 is 5.73 Å². The molecule has 23 heteroatoms. The predicted molar refractivity (Wildman–Crippen MR) is 112 cm³/mol. The molecule has 3 heterocycles. The van der Waals surface area contributed by atoms with Gasteiger partial charge < -0.3 is 45.4 Å². The third kappa shape index (κ3) is 7.32. The number of aliphatic hydroxyl groups is 3. The topological polar surface area (TPSA) is 309 Å². The standard InChI is InChI=1S/C13H22N5O15P3/c14-11-8-12(16-4-15-11)18(5-17-8)13-10(32-34(22,23)24)9(21)7(31-13)3-30-36(27,28)33-35(25,26)29-2-6(20)1-19/h4-7,9-10,13,19-21H,1-3H2,(H,25,26)(H,27,28)(H2,14,15,16)(H2,22,23,24)/t6-,7+,9+,10+,13+/m0/s1. The second-order valence-corrected chi connectivity index (χ2v) is 11.4. The molecule has 2 aromatic rings. The average molecular weight is 581 g/mol. The molecular formula is C13H22N5O15P3. The fourth-order valence-corrected chi connectivity index (χ4v) is 5.65. The molecule has 0 saturated carbocycles.